The van der Waals surface area contributed by atoms with Gasteiger partial charge in [-0.1, -0.05) is 24.3 Å². The van der Waals surface area contributed by atoms with E-state index in [2.05, 4.69) is 21.6 Å². The van der Waals surface area contributed by atoms with E-state index in [9.17, 15) is 9.59 Å². The summed E-state index contributed by atoms with van der Waals surface area (Å²) in [6.07, 6.45) is 4.61. The predicted octanol–water partition coefficient (Wildman–Crippen LogP) is 3.66. The number of carbonyl (C=O) groups is 2. The van der Waals surface area contributed by atoms with Crippen LogP contribution in [0.1, 0.15) is 43.2 Å². The van der Waals surface area contributed by atoms with Crippen LogP contribution in [0.3, 0.4) is 0 Å². The number of hydrogen-bond donors (Lipinski definition) is 2. The highest BCUT2D eigenvalue weighted by Crippen LogP contribution is 2.65. The van der Waals surface area contributed by atoms with Crippen molar-refractivity contribution in [2.45, 2.75) is 61.6 Å². The van der Waals surface area contributed by atoms with Crippen LogP contribution in [0, 0.1) is 5.92 Å². The summed E-state index contributed by atoms with van der Waals surface area (Å²) in [5.41, 5.74) is 1.89. The van der Waals surface area contributed by atoms with Gasteiger partial charge in [0, 0.05) is 30.3 Å². The summed E-state index contributed by atoms with van der Waals surface area (Å²) in [6, 6.07) is 13.5. The lowest BCUT2D eigenvalue weighted by molar-refractivity contribution is -0.143. The fourth-order valence-electron chi connectivity index (χ4n) is 7.60. The summed E-state index contributed by atoms with van der Waals surface area (Å²) in [4.78, 5) is 29.5. The normalized spacial score (nSPS) is 32.4. The minimum atomic E-state index is -0.595. The number of Topliss-reactive ketones (excluding diaryl/α,β-unsaturated/α-hetero) is 1. The Hall–Kier alpha value is -3.06. The number of ether oxygens (including phenoxy) is 2. The Balaban J connectivity index is 1.37. The molecule has 1 saturated heterocycles. The molecule has 0 aromatic heterocycles. The molecule has 182 valence electrons. The molecule has 5 aliphatic rings. The van der Waals surface area contributed by atoms with Crippen LogP contribution < -0.4 is 20.1 Å². The number of ketones is 1. The maximum Gasteiger partial charge on any atom is 0.319 e. The van der Waals surface area contributed by atoms with E-state index in [4.69, 9.17) is 9.47 Å². The van der Waals surface area contributed by atoms with Crippen molar-refractivity contribution in [1.82, 2.24) is 10.2 Å². The smallest absolute Gasteiger partial charge is 0.319 e. The average molecular weight is 474 g/mol. The van der Waals surface area contributed by atoms with Crippen LogP contribution in [-0.2, 0) is 16.6 Å². The third-order valence-corrected chi connectivity index (χ3v) is 9.19. The summed E-state index contributed by atoms with van der Waals surface area (Å²) < 4.78 is 12.2. The molecule has 2 aromatic carbocycles. The second-order valence-electron chi connectivity index (χ2n) is 10.9. The predicted molar refractivity (Wildman–Crippen MR) is 131 cm³/mol. The Kier molecular flexibility index (Phi) is 4.53. The Morgan fingerprint density at radius 2 is 2.00 bits per heavy atom. The van der Waals surface area contributed by atoms with Gasteiger partial charge in [0.1, 0.15) is 0 Å². The number of amides is 2. The first-order valence-electron chi connectivity index (χ1n) is 12.8. The first-order chi connectivity index (χ1) is 17.1. The summed E-state index contributed by atoms with van der Waals surface area (Å²) in [5, 5.41) is 6.54. The number of benzene rings is 2. The van der Waals surface area contributed by atoms with Gasteiger partial charge in [0.05, 0.1) is 18.1 Å². The fraction of sp³-hybridized carbons (Fsp3) is 0.500. The molecule has 2 amide bonds. The lowest BCUT2D eigenvalue weighted by atomic mass is 9.47. The van der Waals surface area contributed by atoms with E-state index in [-0.39, 0.29) is 17.9 Å². The monoisotopic (exact) mass is 473 g/mol. The van der Waals surface area contributed by atoms with Crippen molar-refractivity contribution in [3.8, 4) is 11.5 Å². The van der Waals surface area contributed by atoms with Gasteiger partial charge in [0.15, 0.2) is 23.4 Å². The Morgan fingerprint density at radius 1 is 1.17 bits per heavy atom. The van der Waals surface area contributed by atoms with Crippen LogP contribution >= 0.6 is 0 Å². The first-order valence-corrected chi connectivity index (χ1v) is 12.8. The van der Waals surface area contributed by atoms with Gasteiger partial charge >= 0.3 is 6.03 Å². The van der Waals surface area contributed by atoms with Crippen LogP contribution in [0.25, 0.3) is 0 Å². The first kappa shape index (κ1) is 21.2. The molecule has 0 unspecified atom stereocenters. The quantitative estimate of drug-likeness (QED) is 0.693. The second-order valence-corrected chi connectivity index (χ2v) is 10.9. The van der Waals surface area contributed by atoms with Gasteiger partial charge in [-0.2, -0.15) is 0 Å². The molecule has 2 aliphatic heterocycles. The number of anilines is 1. The molecular formula is C28H31N3O4. The highest BCUT2D eigenvalue weighted by molar-refractivity contribution is 5.93. The number of methoxy groups -OCH3 is 1. The number of nitrogens with one attached hydrogen (secondary N) is 2. The molecule has 2 bridgehead atoms. The zero-order valence-corrected chi connectivity index (χ0v) is 20.0. The van der Waals surface area contributed by atoms with E-state index < -0.39 is 17.1 Å². The molecular weight excluding hydrogens is 442 g/mol. The molecule has 2 saturated carbocycles. The molecule has 2 N–H and O–H groups in total. The van der Waals surface area contributed by atoms with Crippen molar-refractivity contribution in [1.29, 1.82) is 0 Å². The molecule has 3 fully saturated rings. The maximum atomic E-state index is 13.5. The van der Waals surface area contributed by atoms with Gasteiger partial charge < -0.3 is 20.1 Å². The number of urea groups is 1. The lowest BCUT2D eigenvalue weighted by Crippen LogP contribution is -2.82. The second kappa shape index (κ2) is 7.47. The molecule has 3 aliphatic carbocycles. The van der Waals surface area contributed by atoms with Crippen LogP contribution in [0.4, 0.5) is 10.5 Å². The van der Waals surface area contributed by atoms with Crippen molar-refractivity contribution in [3.05, 3.63) is 53.6 Å². The highest BCUT2D eigenvalue weighted by Gasteiger charge is 2.74. The maximum absolute atomic E-state index is 13.5. The van der Waals surface area contributed by atoms with Crippen LogP contribution in [0.5, 0.6) is 11.5 Å². The molecule has 7 nitrogen and oxygen atoms in total. The number of hydrogen-bond acceptors (Lipinski definition) is 5. The molecule has 35 heavy (non-hydrogen) atoms. The van der Waals surface area contributed by atoms with Crippen molar-refractivity contribution >= 4 is 17.5 Å². The number of piperidine rings is 1. The molecule has 4 atom stereocenters. The number of carbonyl (C=O) groups excluding carboxylic acids is 2. The van der Waals surface area contributed by atoms with Gasteiger partial charge in [-0.25, -0.2) is 4.79 Å². The summed E-state index contributed by atoms with van der Waals surface area (Å²) in [5.74, 6) is 2.25. The fourth-order valence-corrected chi connectivity index (χ4v) is 7.60. The molecule has 2 heterocycles. The number of para-hydroxylation sites is 1. The van der Waals surface area contributed by atoms with E-state index in [0.29, 0.717) is 24.3 Å². The average Bonchev–Trinajstić information content (AvgIpc) is 3.60. The minimum absolute atomic E-state index is 0.115. The summed E-state index contributed by atoms with van der Waals surface area (Å²) >= 11 is 0. The van der Waals surface area contributed by atoms with E-state index in [1.54, 1.807) is 7.11 Å². The topological polar surface area (TPSA) is 79.9 Å². The van der Waals surface area contributed by atoms with Gasteiger partial charge in [-0.15, -0.1) is 0 Å². The zero-order valence-electron chi connectivity index (χ0n) is 20.0. The molecule has 0 radical (unpaired) electrons. The van der Waals surface area contributed by atoms with Crippen LogP contribution in [-0.4, -0.2) is 54.6 Å². The van der Waals surface area contributed by atoms with Crippen molar-refractivity contribution < 1.29 is 19.1 Å². The van der Waals surface area contributed by atoms with E-state index >= 15 is 0 Å². The summed E-state index contributed by atoms with van der Waals surface area (Å²) in [7, 11) is 1.64. The molecule has 7 heteroatoms. The lowest BCUT2D eigenvalue weighted by Gasteiger charge is -2.65. The highest BCUT2D eigenvalue weighted by atomic mass is 16.5. The van der Waals surface area contributed by atoms with Crippen LogP contribution in [0.2, 0.25) is 0 Å². The van der Waals surface area contributed by atoms with Crippen molar-refractivity contribution in [2.24, 2.45) is 5.92 Å². The van der Waals surface area contributed by atoms with Gasteiger partial charge in [-0.3, -0.25) is 9.69 Å². The minimum Gasteiger partial charge on any atom is -0.493 e. The van der Waals surface area contributed by atoms with Crippen LogP contribution in [0.15, 0.2) is 42.5 Å². The Morgan fingerprint density at radius 3 is 2.77 bits per heavy atom. The van der Waals surface area contributed by atoms with E-state index in [1.165, 1.54) is 18.4 Å². The zero-order chi connectivity index (χ0) is 23.8. The van der Waals surface area contributed by atoms with Gasteiger partial charge in [-0.05, 0) is 68.3 Å². The van der Waals surface area contributed by atoms with Crippen molar-refractivity contribution in [2.75, 3.05) is 25.5 Å². The molecule has 1 spiro atoms. The van der Waals surface area contributed by atoms with E-state index in [0.717, 1.165) is 43.1 Å². The van der Waals surface area contributed by atoms with E-state index in [1.807, 2.05) is 36.4 Å². The molecule has 7 rings (SSSR count). The third-order valence-electron chi connectivity index (χ3n) is 9.19. The number of rotatable bonds is 5. The standard InChI is InChI=1S/C28H31N3O4/c1-34-21-10-9-18-15-22-28(30-26(33)29-19-5-3-2-4-6-19)12-11-20(32)25-27(28,23(18)24(21)35-25)13-14-31(22)16-17-7-8-17/h2-6,9-10,17,22,25H,7-8,11-16H2,1H3,(H2,29,30,33)/t22-,25+,27+,28-/m1/s1. The summed E-state index contributed by atoms with van der Waals surface area (Å²) in [6.45, 7) is 1.97. The Labute approximate surface area is 205 Å². The van der Waals surface area contributed by atoms with Gasteiger partial charge in [0.25, 0.3) is 0 Å². The Bertz CT molecular complexity index is 1210. The number of likely N-dealkylation sites (tertiary alicyclic amines) is 1. The largest absolute Gasteiger partial charge is 0.493 e. The SMILES string of the molecule is COc1ccc2c3c1O[C@H]1C(=O)CC[C@@]4(NC(=O)Nc5ccccc5)[C@@H](C2)N(CC2CC2)CC[C@]314. The van der Waals surface area contributed by atoms with Gasteiger partial charge in [0.2, 0.25) is 0 Å². The number of nitrogens with zero attached hydrogens (tertiary/aromatic N) is 1. The third kappa shape index (κ3) is 2.87. The molecule has 2 aromatic rings. The van der Waals surface area contributed by atoms with Crippen molar-refractivity contribution in [3.63, 3.8) is 0 Å².